The summed E-state index contributed by atoms with van der Waals surface area (Å²) in [6.45, 7) is 3.57. The molecule has 2 aromatic rings. The number of nitrogens with one attached hydrogen (secondary N) is 2. The third-order valence-electron chi connectivity index (χ3n) is 5.03. The van der Waals surface area contributed by atoms with Crippen molar-refractivity contribution in [1.82, 2.24) is 9.62 Å². The minimum Gasteiger partial charge on any atom is -0.366 e. The van der Waals surface area contributed by atoms with Gasteiger partial charge in [0.15, 0.2) is 6.17 Å². The van der Waals surface area contributed by atoms with Crippen LogP contribution in [0.15, 0.2) is 47.4 Å². The van der Waals surface area contributed by atoms with E-state index in [9.17, 15) is 17.6 Å². The van der Waals surface area contributed by atoms with Crippen LogP contribution < -0.4 is 14.9 Å². The van der Waals surface area contributed by atoms with Crippen LogP contribution in [0.4, 0.5) is 15.8 Å². The highest BCUT2D eigenvalue weighted by Gasteiger charge is 2.36. The first-order valence-electron chi connectivity index (χ1n) is 9.03. The number of benzene rings is 2. The number of fused-ring (bicyclic) bond motifs is 1. The zero-order valence-corrected chi connectivity index (χ0v) is 16.2. The number of hydrogen-bond acceptors (Lipinski definition) is 5. The number of halogens is 1. The lowest BCUT2D eigenvalue weighted by Crippen LogP contribution is -2.58. The fourth-order valence-electron chi connectivity index (χ4n) is 3.57. The average molecular weight is 404 g/mol. The van der Waals surface area contributed by atoms with Gasteiger partial charge in [0, 0.05) is 26.2 Å². The van der Waals surface area contributed by atoms with E-state index >= 15 is 0 Å². The Hall–Kier alpha value is -2.65. The molecule has 0 aromatic heterocycles. The fourth-order valence-corrected chi connectivity index (χ4v) is 4.82. The summed E-state index contributed by atoms with van der Waals surface area (Å²) in [5.41, 5.74) is 1.82. The Morgan fingerprint density at radius 3 is 2.54 bits per heavy atom. The Balaban J connectivity index is 1.47. The maximum atomic E-state index is 14.0. The number of carbonyl (C=O) groups excluding carboxylic acids is 1. The van der Waals surface area contributed by atoms with Gasteiger partial charge in [0.25, 0.3) is 5.91 Å². The minimum atomic E-state index is -3.77. The number of sulfonamides is 1. The van der Waals surface area contributed by atoms with Gasteiger partial charge in [-0.3, -0.25) is 4.79 Å². The molecule has 2 aliphatic heterocycles. The lowest BCUT2D eigenvalue weighted by atomic mass is 10.2. The quantitative estimate of drug-likeness (QED) is 0.793. The molecule has 0 unspecified atom stereocenters. The van der Waals surface area contributed by atoms with Crippen molar-refractivity contribution < 1.29 is 17.6 Å². The number of nitrogens with zero attached hydrogens (tertiary/aromatic N) is 2. The van der Waals surface area contributed by atoms with E-state index in [4.69, 9.17) is 0 Å². The summed E-state index contributed by atoms with van der Waals surface area (Å²) in [5.74, 6) is -0.639. The van der Waals surface area contributed by atoms with E-state index in [1.807, 2.05) is 11.8 Å². The summed E-state index contributed by atoms with van der Waals surface area (Å²) < 4.78 is 41.4. The number of rotatable bonds is 2. The molecule has 28 heavy (non-hydrogen) atoms. The van der Waals surface area contributed by atoms with Gasteiger partial charge in [-0.25, -0.2) is 12.8 Å². The van der Waals surface area contributed by atoms with E-state index in [1.54, 1.807) is 35.2 Å². The number of piperazine rings is 1. The van der Waals surface area contributed by atoms with Gasteiger partial charge in [-0.05, 0) is 36.8 Å². The van der Waals surface area contributed by atoms with Crippen LogP contribution >= 0.6 is 0 Å². The van der Waals surface area contributed by atoms with Gasteiger partial charge >= 0.3 is 0 Å². The van der Waals surface area contributed by atoms with Gasteiger partial charge < -0.3 is 15.1 Å². The minimum absolute atomic E-state index is 0.131. The van der Waals surface area contributed by atoms with Crippen molar-refractivity contribution in [1.29, 1.82) is 0 Å². The second-order valence-corrected chi connectivity index (χ2v) is 8.64. The summed E-state index contributed by atoms with van der Waals surface area (Å²) in [4.78, 5) is 16.5. The third kappa shape index (κ3) is 3.43. The lowest BCUT2D eigenvalue weighted by Gasteiger charge is -2.38. The molecule has 7 nitrogen and oxygen atoms in total. The molecule has 2 heterocycles. The van der Waals surface area contributed by atoms with Crippen molar-refractivity contribution in [3.63, 3.8) is 0 Å². The Kier molecular flexibility index (Phi) is 4.72. The van der Waals surface area contributed by atoms with Crippen LogP contribution in [0, 0.1) is 12.7 Å². The Morgan fingerprint density at radius 1 is 1.11 bits per heavy atom. The molecule has 0 bridgehead atoms. The Labute approximate surface area is 163 Å². The molecule has 0 radical (unpaired) electrons. The second-order valence-electron chi connectivity index (χ2n) is 6.96. The molecule has 1 amide bonds. The van der Waals surface area contributed by atoms with Gasteiger partial charge in [0.1, 0.15) is 10.7 Å². The molecule has 4 rings (SSSR count). The summed E-state index contributed by atoms with van der Waals surface area (Å²) >= 11 is 0. The number of aryl methyl sites for hydroxylation is 1. The normalized spacial score (nSPS) is 21.0. The smallest absolute Gasteiger partial charge is 0.261 e. The molecule has 1 saturated heterocycles. The maximum absolute atomic E-state index is 14.0. The van der Waals surface area contributed by atoms with Crippen LogP contribution in [-0.2, 0) is 14.8 Å². The second kappa shape index (κ2) is 7.06. The van der Waals surface area contributed by atoms with E-state index in [0.717, 1.165) is 5.56 Å². The number of amides is 1. The zero-order valence-electron chi connectivity index (χ0n) is 15.4. The molecule has 2 N–H and O–H groups in total. The van der Waals surface area contributed by atoms with Crippen molar-refractivity contribution >= 4 is 27.3 Å². The molecule has 2 aromatic carbocycles. The molecule has 2 aliphatic rings. The van der Waals surface area contributed by atoms with Crippen molar-refractivity contribution in [2.24, 2.45) is 0 Å². The molecule has 1 atom stereocenters. The zero-order chi connectivity index (χ0) is 19.9. The molecule has 148 valence electrons. The van der Waals surface area contributed by atoms with E-state index in [1.165, 1.54) is 12.1 Å². The van der Waals surface area contributed by atoms with E-state index < -0.39 is 16.2 Å². The van der Waals surface area contributed by atoms with Gasteiger partial charge in [-0.1, -0.05) is 18.2 Å². The average Bonchev–Trinajstić information content (AvgIpc) is 2.67. The van der Waals surface area contributed by atoms with E-state index in [-0.39, 0.29) is 16.6 Å². The van der Waals surface area contributed by atoms with E-state index in [2.05, 4.69) is 10.0 Å². The van der Waals surface area contributed by atoms with Crippen LogP contribution in [0.25, 0.3) is 0 Å². The summed E-state index contributed by atoms with van der Waals surface area (Å²) in [6.07, 6.45) is -1.06. The standard InChI is InChI=1S/C19H21FN4O3S/c1-13-6-7-17-15(12-13)21-18(22-28(17,26)27)19(25)24-10-8-23(9-11-24)16-5-3-2-4-14(16)20/h2-7,12,18,21-22H,8-11H2,1H3/t18-/m1/s1. The first-order valence-corrected chi connectivity index (χ1v) is 10.5. The third-order valence-corrected chi connectivity index (χ3v) is 6.51. The molecule has 1 fully saturated rings. The summed E-state index contributed by atoms with van der Waals surface area (Å²) in [5, 5.41) is 2.99. The number of para-hydroxylation sites is 1. The molecule has 0 saturated carbocycles. The first-order chi connectivity index (χ1) is 13.3. The van der Waals surface area contributed by atoms with Crippen molar-refractivity contribution in [2.45, 2.75) is 18.0 Å². The largest absolute Gasteiger partial charge is 0.366 e. The van der Waals surface area contributed by atoms with Crippen molar-refractivity contribution in [2.75, 3.05) is 36.4 Å². The van der Waals surface area contributed by atoms with Crippen LogP contribution in [0.5, 0.6) is 0 Å². The number of anilines is 2. The monoisotopic (exact) mass is 404 g/mol. The molecule has 9 heteroatoms. The summed E-state index contributed by atoms with van der Waals surface area (Å²) in [7, 11) is -3.77. The van der Waals surface area contributed by atoms with Gasteiger partial charge in [0.2, 0.25) is 10.0 Å². The van der Waals surface area contributed by atoms with Gasteiger partial charge in [-0.2, -0.15) is 4.72 Å². The van der Waals surface area contributed by atoms with Crippen LogP contribution in [0.1, 0.15) is 5.56 Å². The van der Waals surface area contributed by atoms with Crippen LogP contribution in [0.3, 0.4) is 0 Å². The number of carbonyl (C=O) groups is 1. The van der Waals surface area contributed by atoms with Crippen LogP contribution in [-0.4, -0.2) is 51.6 Å². The molecular weight excluding hydrogens is 383 g/mol. The van der Waals surface area contributed by atoms with E-state index in [0.29, 0.717) is 37.6 Å². The Bertz CT molecular complexity index is 1020. The highest BCUT2D eigenvalue weighted by atomic mass is 32.2. The fraction of sp³-hybridized carbons (Fsp3) is 0.316. The first kappa shape index (κ1) is 18.7. The number of hydrogen-bond donors (Lipinski definition) is 2. The van der Waals surface area contributed by atoms with Gasteiger partial charge in [-0.15, -0.1) is 0 Å². The lowest BCUT2D eigenvalue weighted by molar-refractivity contribution is -0.132. The predicted molar refractivity (Wildman–Crippen MR) is 104 cm³/mol. The highest BCUT2D eigenvalue weighted by Crippen LogP contribution is 2.27. The topological polar surface area (TPSA) is 81.8 Å². The maximum Gasteiger partial charge on any atom is 0.261 e. The van der Waals surface area contributed by atoms with Crippen molar-refractivity contribution in [3.8, 4) is 0 Å². The van der Waals surface area contributed by atoms with Gasteiger partial charge in [0.05, 0.1) is 11.4 Å². The predicted octanol–water partition coefficient (Wildman–Crippen LogP) is 1.51. The molecule has 0 aliphatic carbocycles. The summed E-state index contributed by atoms with van der Waals surface area (Å²) in [6, 6.07) is 11.5. The van der Waals surface area contributed by atoms with Crippen LogP contribution in [0.2, 0.25) is 0 Å². The Morgan fingerprint density at radius 2 is 1.82 bits per heavy atom. The SMILES string of the molecule is Cc1ccc2c(c1)N[C@@H](C(=O)N1CCN(c3ccccc3F)CC1)NS2(=O)=O. The molecule has 0 spiro atoms. The molecular formula is C19H21FN4O3S. The van der Waals surface area contributed by atoms with Crippen molar-refractivity contribution in [3.05, 3.63) is 53.8 Å². The highest BCUT2D eigenvalue weighted by molar-refractivity contribution is 7.89.